The molecular formula is C16H16F2N4O. The zero-order chi connectivity index (χ0) is 16.6. The van der Waals surface area contributed by atoms with Crippen LogP contribution in [0.2, 0.25) is 0 Å². The number of anilines is 2. The van der Waals surface area contributed by atoms with E-state index in [-0.39, 0.29) is 17.4 Å². The van der Waals surface area contributed by atoms with Gasteiger partial charge in [-0.2, -0.15) is 0 Å². The smallest absolute Gasteiger partial charge is 0.327 e. The Balaban J connectivity index is 2.03. The van der Waals surface area contributed by atoms with E-state index in [0.717, 1.165) is 6.42 Å². The predicted molar refractivity (Wildman–Crippen MR) is 85.0 cm³/mol. The molecule has 2 aromatic heterocycles. The number of nitrogens with one attached hydrogen (secondary N) is 2. The number of pyridine rings is 1. The van der Waals surface area contributed by atoms with Crippen molar-refractivity contribution < 1.29 is 8.78 Å². The van der Waals surface area contributed by atoms with E-state index < -0.39 is 11.6 Å². The average Bonchev–Trinajstić information content (AvgIpc) is 2.85. The SMILES string of the molecule is CCC(C)n1c(=O)[nH]c2cc(Nc3c(F)cccc3F)cnc21. The van der Waals surface area contributed by atoms with Gasteiger partial charge in [0, 0.05) is 6.04 Å². The molecule has 0 amide bonds. The number of halogens is 2. The molecule has 0 aliphatic rings. The van der Waals surface area contributed by atoms with E-state index in [1.54, 1.807) is 10.6 Å². The summed E-state index contributed by atoms with van der Waals surface area (Å²) < 4.78 is 28.9. The molecule has 2 N–H and O–H groups in total. The summed E-state index contributed by atoms with van der Waals surface area (Å²) in [6.45, 7) is 3.91. The Morgan fingerprint density at radius 3 is 2.70 bits per heavy atom. The maximum absolute atomic E-state index is 13.7. The van der Waals surface area contributed by atoms with Gasteiger partial charge in [0.25, 0.3) is 0 Å². The number of hydrogen-bond acceptors (Lipinski definition) is 3. The zero-order valence-electron chi connectivity index (χ0n) is 12.7. The first-order valence-corrected chi connectivity index (χ1v) is 7.32. The molecule has 1 atom stereocenters. The normalized spacial score (nSPS) is 12.5. The maximum Gasteiger partial charge on any atom is 0.327 e. The van der Waals surface area contributed by atoms with Gasteiger partial charge in [0.05, 0.1) is 17.4 Å². The molecule has 0 aliphatic heterocycles. The zero-order valence-corrected chi connectivity index (χ0v) is 12.7. The fourth-order valence-corrected chi connectivity index (χ4v) is 2.43. The van der Waals surface area contributed by atoms with Crippen molar-refractivity contribution in [1.29, 1.82) is 0 Å². The van der Waals surface area contributed by atoms with Crippen LogP contribution in [0.25, 0.3) is 11.2 Å². The Labute approximate surface area is 131 Å². The number of hydrogen-bond donors (Lipinski definition) is 2. The number of para-hydroxylation sites is 1. The lowest BCUT2D eigenvalue weighted by Crippen LogP contribution is -2.20. The highest BCUT2D eigenvalue weighted by molar-refractivity contribution is 5.76. The van der Waals surface area contributed by atoms with Crippen molar-refractivity contribution in [3.05, 3.63) is 52.6 Å². The Kier molecular flexibility index (Phi) is 3.85. The van der Waals surface area contributed by atoms with Crippen LogP contribution in [0, 0.1) is 11.6 Å². The Morgan fingerprint density at radius 2 is 2.04 bits per heavy atom. The molecule has 3 aromatic rings. The molecule has 120 valence electrons. The van der Waals surface area contributed by atoms with E-state index in [1.165, 1.54) is 24.4 Å². The van der Waals surface area contributed by atoms with Crippen LogP contribution in [0.1, 0.15) is 26.3 Å². The van der Waals surface area contributed by atoms with Gasteiger partial charge in [0.15, 0.2) is 5.65 Å². The third-order valence-corrected chi connectivity index (χ3v) is 3.82. The molecule has 0 fully saturated rings. The second kappa shape index (κ2) is 5.83. The minimum absolute atomic E-state index is 0.00608. The number of fused-ring (bicyclic) bond motifs is 1. The summed E-state index contributed by atoms with van der Waals surface area (Å²) in [5.74, 6) is -1.40. The van der Waals surface area contributed by atoms with E-state index in [4.69, 9.17) is 0 Å². The first-order chi connectivity index (χ1) is 11.0. The highest BCUT2D eigenvalue weighted by atomic mass is 19.1. The molecule has 0 radical (unpaired) electrons. The van der Waals surface area contributed by atoms with Crippen molar-refractivity contribution >= 4 is 22.5 Å². The standard InChI is InChI=1S/C16H16F2N4O/c1-3-9(2)22-15-13(21-16(22)23)7-10(8-19-15)20-14-11(17)5-4-6-12(14)18/h4-9,20H,3H2,1-2H3,(H,21,23). The summed E-state index contributed by atoms with van der Waals surface area (Å²) in [5.41, 5.74) is 0.911. The fraction of sp³-hybridized carbons (Fsp3) is 0.250. The number of imidazole rings is 1. The van der Waals surface area contributed by atoms with Crippen molar-refractivity contribution in [2.75, 3.05) is 5.32 Å². The van der Waals surface area contributed by atoms with Crippen LogP contribution in [0.15, 0.2) is 35.3 Å². The summed E-state index contributed by atoms with van der Waals surface area (Å²) >= 11 is 0. The van der Waals surface area contributed by atoms with E-state index in [1.807, 2.05) is 13.8 Å². The number of nitrogens with zero attached hydrogens (tertiary/aromatic N) is 2. The quantitative estimate of drug-likeness (QED) is 0.770. The molecule has 1 aromatic carbocycles. The summed E-state index contributed by atoms with van der Waals surface area (Å²) in [6, 6.07) is 5.24. The van der Waals surface area contributed by atoms with Crippen molar-refractivity contribution in [2.24, 2.45) is 0 Å². The molecule has 5 nitrogen and oxygen atoms in total. The van der Waals surface area contributed by atoms with Crippen LogP contribution in [0.5, 0.6) is 0 Å². The highest BCUT2D eigenvalue weighted by Gasteiger charge is 2.14. The molecule has 0 spiro atoms. The molecule has 23 heavy (non-hydrogen) atoms. The topological polar surface area (TPSA) is 62.7 Å². The summed E-state index contributed by atoms with van der Waals surface area (Å²) in [6.07, 6.45) is 2.23. The van der Waals surface area contributed by atoms with Crippen LogP contribution in [0.3, 0.4) is 0 Å². The number of rotatable bonds is 4. The van der Waals surface area contributed by atoms with Gasteiger partial charge < -0.3 is 10.3 Å². The Morgan fingerprint density at radius 1 is 1.35 bits per heavy atom. The Hall–Kier alpha value is -2.70. The van der Waals surface area contributed by atoms with Crippen molar-refractivity contribution in [3.63, 3.8) is 0 Å². The number of aromatic nitrogens is 3. The maximum atomic E-state index is 13.7. The Bertz CT molecular complexity index is 896. The van der Waals surface area contributed by atoms with Gasteiger partial charge in [-0.3, -0.25) is 4.57 Å². The van der Waals surface area contributed by atoms with Crippen molar-refractivity contribution in [2.45, 2.75) is 26.3 Å². The third kappa shape index (κ3) is 2.69. The van der Waals surface area contributed by atoms with Gasteiger partial charge in [-0.25, -0.2) is 18.6 Å². The number of H-pyrrole nitrogens is 1. The van der Waals surface area contributed by atoms with Crippen molar-refractivity contribution in [1.82, 2.24) is 14.5 Å². The molecular weight excluding hydrogens is 302 g/mol. The molecule has 0 bridgehead atoms. The van der Waals surface area contributed by atoms with Crippen LogP contribution in [-0.4, -0.2) is 14.5 Å². The van der Waals surface area contributed by atoms with E-state index in [0.29, 0.717) is 16.9 Å². The second-order valence-electron chi connectivity index (χ2n) is 5.37. The summed E-state index contributed by atoms with van der Waals surface area (Å²) in [7, 11) is 0. The lowest BCUT2D eigenvalue weighted by atomic mass is 10.2. The number of benzene rings is 1. The van der Waals surface area contributed by atoms with E-state index >= 15 is 0 Å². The fourth-order valence-electron chi connectivity index (χ4n) is 2.43. The van der Waals surface area contributed by atoms with Gasteiger partial charge in [0.1, 0.15) is 17.3 Å². The van der Waals surface area contributed by atoms with Gasteiger partial charge in [-0.15, -0.1) is 0 Å². The molecule has 0 saturated heterocycles. The van der Waals surface area contributed by atoms with E-state index in [2.05, 4.69) is 15.3 Å². The van der Waals surface area contributed by atoms with Gasteiger partial charge in [-0.05, 0) is 31.5 Å². The molecule has 2 heterocycles. The number of aromatic amines is 1. The lowest BCUT2D eigenvalue weighted by Gasteiger charge is -2.11. The minimum atomic E-state index is -0.698. The molecule has 7 heteroatoms. The molecule has 0 aliphatic carbocycles. The van der Waals surface area contributed by atoms with Crippen LogP contribution >= 0.6 is 0 Å². The average molecular weight is 318 g/mol. The molecule has 3 rings (SSSR count). The first kappa shape index (κ1) is 15.2. The summed E-state index contributed by atoms with van der Waals surface area (Å²) in [4.78, 5) is 19.0. The predicted octanol–water partition coefficient (Wildman–Crippen LogP) is 3.72. The monoisotopic (exact) mass is 318 g/mol. The van der Waals surface area contributed by atoms with Gasteiger partial charge in [0.2, 0.25) is 0 Å². The third-order valence-electron chi connectivity index (χ3n) is 3.82. The summed E-state index contributed by atoms with van der Waals surface area (Å²) in [5, 5.41) is 2.66. The molecule has 0 saturated carbocycles. The van der Waals surface area contributed by atoms with Crippen LogP contribution < -0.4 is 11.0 Å². The first-order valence-electron chi connectivity index (χ1n) is 7.32. The highest BCUT2D eigenvalue weighted by Crippen LogP contribution is 2.24. The second-order valence-corrected chi connectivity index (χ2v) is 5.37. The lowest BCUT2D eigenvalue weighted by molar-refractivity contribution is 0.526. The largest absolute Gasteiger partial charge is 0.349 e. The minimum Gasteiger partial charge on any atom is -0.349 e. The van der Waals surface area contributed by atoms with Crippen LogP contribution in [-0.2, 0) is 0 Å². The van der Waals surface area contributed by atoms with E-state index in [9.17, 15) is 13.6 Å². The van der Waals surface area contributed by atoms with Crippen molar-refractivity contribution in [3.8, 4) is 0 Å². The van der Waals surface area contributed by atoms with Crippen LogP contribution in [0.4, 0.5) is 20.2 Å². The van der Waals surface area contributed by atoms with Gasteiger partial charge in [-0.1, -0.05) is 13.0 Å². The van der Waals surface area contributed by atoms with Gasteiger partial charge >= 0.3 is 5.69 Å². The molecule has 1 unspecified atom stereocenters.